The van der Waals surface area contributed by atoms with Crippen LogP contribution in [-0.2, 0) is 0 Å². The van der Waals surface area contributed by atoms with Crippen molar-refractivity contribution in [2.75, 3.05) is 26.2 Å². The SMILES string of the molecule is Cc1c([N+](=O)[O-])ccc(F)c1C(=O)N1CCC2(CC1)CN(C(=O)c1ccc(C#Cc3ccccc3)cc1)C2. The van der Waals surface area contributed by atoms with Crippen LogP contribution in [-0.4, -0.2) is 52.7 Å². The molecule has 3 aromatic rings. The van der Waals surface area contributed by atoms with Gasteiger partial charge in [-0.25, -0.2) is 4.39 Å². The number of nitro benzene ring substituents is 1. The summed E-state index contributed by atoms with van der Waals surface area (Å²) in [7, 11) is 0. The van der Waals surface area contributed by atoms with Crippen molar-refractivity contribution in [1.82, 2.24) is 9.80 Å². The fraction of sp³-hybridized carbons (Fsp3) is 0.267. The first-order valence-electron chi connectivity index (χ1n) is 12.5. The maximum atomic E-state index is 14.5. The Morgan fingerprint density at radius 2 is 1.47 bits per heavy atom. The molecule has 0 aliphatic carbocycles. The van der Waals surface area contributed by atoms with Crippen molar-refractivity contribution in [2.45, 2.75) is 19.8 Å². The molecular weight excluding hydrogens is 485 g/mol. The first-order valence-corrected chi connectivity index (χ1v) is 12.5. The summed E-state index contributed by atoms with van der Waals surface area (Å²) in [5.74, 6) is 4.90. The van der Waals surface area contributed by atoms with Gasteiger partial charge in [-0.15, -0.1) is 0 Å². The van der Waals surface area contributed by atoms with E-state index in [9.17, 15) is 24.1 Å². The highest BCUT2D eigenvalue weighted by Crippen LogP contribution is 2.41. The van der Waals surface area contributed by atoms with E-state index < -0.39 is 16.6 Å². The smallest absolute Gasteiger partial charge is 0.273 e. The van der Waals surface area contributed by atoms with E-state index in [0.29, 0.717) is 44.6 Å². The molecule has 0 radical (unpaired) electrons. The number of halogens is 1. The van der Waals surface area contributed by atoms with E-state index in [2.05, 4.69) is 11.8 Å². The summed E-state index contributed by atoms with van der Waals surface area (Å²) in [5.41, 5.74) is 1.83. The predicted octanol–water partition coefficient (Wildman–Crippen LogP) is 4.82. The lowest BCUT2D eigenvalue weighted by Crippen LogP contribution is -2.62. The lowest BCUT2D eigenvalue weighted by Gasteiger charge is -2.54. The minimum atomic E-state index is -0.754. The fourth-order valence-corrected chi connectivity index (χ4v) is 5.24. The normalized spacial score (nSPS) is 15.8. The second kappa shape index (κ2) is 10.1. The van der Waals surface area contributed by atoms with Crippen LogP contribution in [0, 0.1) is 40.1 Å². The minimum absolute atomic E-state index is 0.0361. The summed E-state index contributed by atoms with van der Waals surface area (Å²) in [5, 5.41) is 11.2. The molecule has 0 N–H and O–H groups in total. The highest BCUT2D eigenvalue weighted by molar-refractivity contribution is 5.97. The standard InChI is InChI=1S/C30H26FN3O4/c1-21-26(34(37)38)14-13-25(31)27(21)29(36)32-17-15-30(16-18-32)19-33(20-30)28(35)24-11-9-23(10-12-24)8-7-22-5-3-2-4-6-22/h2-6,9-14H,15-20H2,1H3. The van der Waals surface area contributed by atoms with Gasteiger partial charge in [-0.05, 0) is 62.2 Å². The third-order valence-electron chi connectivity index (χ3n) is 7.50. The minimum Gasteiger partial charge on any atom is -0.339 e. The number of carbonyl (C=O) groups is 2. The quantitative estimate of drug-likeness (QED) is 0.287. The maximum absolute atomic E-state index is 14.5. The van der Waals surface area contributed by atoms with Crippen molar-refractivity contribution in [3.63, 3.8) is 0 Å². The van der Waals surface area contributed by atoms with Crippen LogP contribution in [0.4, 0.5) is 10.1 Å². The molecule has 0 atom stereocenters. The highest BCUT2D eigenvalue weighted by atomic mass is 19.1. The van der Waals surface area contributed by atoms with Crippen LogP contribution in [0.3, 0.4) is 0 Å². The molecular formula is C30H26FN3O4. The van der Waals surface area contributed by atoms with Gasteiger partial charge in [0.1, 0.15) is 5.82 Å². The molecule has 7 nitrogen and oxygen atoms in total. The Morgan fingerprint density at radius 3 is 2.08 bits per heavy atom. The second-order valence-corrected chi connectivity index (χ2v) is 9.97. The van der Waals surface area contributed by atoms with E-state index in [1.807, 2.05) is 47.4 Å². The molecule has 0 saturated carbocycles. The van der Waals surface area contributed by atoms with E-state index in [1.54, 1.807) is 17.0 Å². The van der Waals surface area contributed by atoms with E-state index >= 15 is 0 Å². The molecule has 8 heteroatoms. The first-order chi connectivity index (χ1) is 18.3. The van der Waals surface area contributed by atoms with Crippen LogP contribution >= 0.6 is 0 Å². The Bertz CT molecular complexity index is 1460. The molecule has 2 aliphatic rings. The van der Waals surface area contributed by atoms with Crippen LogP contribution in [0.1, 0.15) is 50.2 Å². The average molecular weight is 512 g/mol. The van der Waals surface area contributed by atoms with Crippen LogP contribution in [0.5, 0.6) is 0 Å². The monoisotopic (exact) mass is 511 g/mol. The number of likely N-dealkylation sites (tertiary alicyclic amines) is 2. The van der Waals surface area contributed by atoms with Crippen LogP contribution < -0.4 is 0 Å². The fourth-order valence-electron chi connectivity index (χ4n) is 5.24. The second-order valence-electron chi connectivity index (χ2n) is 9.97. The summed E-state index contributed by atoms with van der Waals surface area (Å²) in [6.45, 7) is 3.44. The zero-order valence-corrected chi connectivity index (χ0v) is 20.9. The maximum Gasteiger partial charge on any atom is 0.273 e. The predicted molar refractivity (Wildman–Crippen MR) is 140 cm³/mol. The van der Waals surface area contributed by atoms with Gasteiger partial charge < -0.3 is 9.80 Å². The third kappa shape index (κ3) is 4.88. The Hall–Kier alpha value is -4.51. The molecule has 0 bridgehead atoms. The van der Waals surface area contributed by atoms with Crippen molar-refractivity contribution in [2.24, 2.45) is 5.41 Å². The van der Waals surface area contributed by atoms with Gasteiger partial charge in [0, 0.05) is 59.9 Å². The van der Waals surface area contributed by atoms with Crippen LogP contribution in [0.15, 0.2) is 66.7 Å². The van der Waals surface area contributed by atoms with Gasteiger partial charge in [0.05, 0.1) is 10.5 Å². The Labute approximate surface area is 220 Å². The topological polar surface area (TPSA) is 83.8 Å². The van der Waals surface area contributed by atoms with Gasteiger partial charge in [0.2, 0.25) is 0 Å². The van der Waals surface area contributed by atoms with Crippen molar-refractivity contribution in [3.8, 4) is 11.8 Å². The van der Waals surface area contributed by atoms with Crippen molar-refractivity contribution >= 4 is 17.5 Å². The van der Waals surface area contributed by atoms with Crippen LogP contribution in [0.2, 0.25) is 0 Å². The number of hydrogen-bond acceptors (Lipinski definition) is 4. The molecule has 2 saturated heterocycles. The van der Waals surface area contributed by atoms with Gasteiger partial charge >= 0.3 is 0 Å². The van der Waals surface area contributed by atoms with E-state index in [0.717, 1.165) is 23.3 Å². The Morgan fingerprint density at radius 1 is 0.868 bits per heavy atom. The highest BCUT2D eigenvalue weighted by Gasteiger charge is 2.47. The van der Waals surface area contributed by atoms with Gasteiger partial charge in [0.15, 0.2) is 0 Å². The number of amides is 2. The Balaban J connectivity index is 1.17. The van der Waals surface area contributed by atoms with Crippen molar-refractivity contribution in [1.29, 1.82) is 0 Å². The number of hydrogen-bond donors (Lipinski definition) is 0. The lowest BCUT2D eigenvalue weighted by atomic mass is 9.71. The largest absolute Gasteiger partial charge is 0.339 e. The van der Waals surface area contributed by atoms with Gasteiger partial charge in [0.25, 0.3) is 17.5 Å². The number of nitro groups is 1. The average Bonchev–Trinajstić information content (AvgIpc) is 2.91. The molecule has 192 valence electrons. The zero-order chi connectivity index (χ0) is 26.9. The molecule has 2 aliphatic heterocycles. The zero-order valence-electron chi connectivity index (χ0n) is 20.9. The summed E-state index contributed by atoms with van der Waals surface area (Å²) in [6.07, 6.45) is 1.37. The molecule has 38 heavy (non-hydrogen) atoms. The van der Waals surface area contributed by atoms with Gasteiger partial charge in [-0.2, -0.15) is 0 Å². The summed E-state index contributed by atoms with van der Waals surface area (Å²) >= 11 is 0. The number of carbonyl (C=O) groups excluding carboxylic acids is 2. The summed E-state index contributed by atoms with van der Waals surface area (Å²) in [4.78, 5) is 40.0. The lowest BCUT2D eigenvalue weighted by molar-refractivity contribution is -0.385. The summed E-state index contributed by atoms with van der Waals surface area (Å²) < 4.78 is 14.5. The molecule has 2 heterocycles. The van der Waals surface area contributed by atoms with Crippen molar-refractivity contribution < 1.29 is 18.9 Å². The number of rotatable bonds is 3. The van der Waals surface area contributed by atoms with Crippen molar-refractivity contribution in [3.05, 3.63) is 110 Å². The third-order valence-corrected chi connectivity index (χ3v) is 7.50. The van der Waals surface area contributed by atoms with E-state index in [-0.39, 0.29) is 28.1 Å². The first kappa shape index (κ1) is 25.2. The van der Waals surface area contributed by atoms with Crippen LogP contribution in [0.25, 0.3) is 0 Å². The molecule has 0 unspecified atom stereocenters. The number of piperidine rings is 1. The molecule has 3 aromatic carbocycles. The molecule has 2 fully saturated rings. The van der Waals surface area contributed by atoms with E-state index in [4.69, 9.17) is 0 Å². The molecule has 2 amide bonds. The molecule has 1 spiro atoms. The number of nitrogens with zero attached hydrogens (tertiary/aromatic N) is 3. The Kier molecular flexibility index (Phi) is 6.68. The molecule has 0 aromatic heterocycles. The summed E-state index contributed by atoms with van der Waals surface area (Å²) in [6, 6.07) is 19.0. The van der Waals surface area contributed by atoms with Gasteiger partial charge in [-0.3, -0.25) is 19.7 Å². The van der Waals surface area contributed by atoms with Gasteiger partial charge in [-0.1, -0.05) is 30.0 Å². The molecule has 5 rings (SSSR count). The number of benzene rings is 3. The van der Waals surface area contributed by atoms with E-state index in [1.165, 1.54) is 6.92 Å².